The van der Waals surface area contributed by atoms with Crippen LogP contribution in [0.1, 0.15) is 46.6 Å². The fraction of sp³-hybridized carbons (Fsp3) is 0.556. The highest BCUT2D eigenvalue weighted by molar-refractivity contribution is 5.82. The average molecular weight is 321 g/mol. The fourth-order valence-corrected chi connectivity index (χ4v) is 1.73. The Morgan fingerprint density at radius 1 is 1.17 bits per heavy atom. The third-order valence-electron chi connectivity index (χ3n) is 3.58. The summed E-state index contributed by atoms with van der Waals surface area (Å²) in [5.41, 5.74) is 0.261. The number of rotatable bonds is 6. The van der Waals surface area contributed by atoms with E-state index < -0.39 is 11.6 Å². The molecule has 0 saturated carbocycles. The number of carbonyl (C=O) groups is 2. The lowest BCUT2D eigenvalue weighted by Crippen LogP contribution is -2.41. The highest BCUT2D eigenvalue weighted by Gasteiger charge is 2.33. The molecule has 5 heteroatoms. The monoisotopic (exact) mass is 321 g/mol. The molecule has 128 valence electrons. The van der Waals surface area contributed by atoms with Crippen LogP contribution in [0.5, 0.6) is 0 Å². The van der Waals surface area contributed by atoms with Crippen molar-refractivity contribution in [3.63, 3.8) is 0 Å². The smallest absolute Gasteiger partial charge is 0.432 e. The summed E-state index contributed by atoms with van der Waals surface area (Å²) in [5, 5.41) is 1.10. The molecule has 0 N–H and O–H groups in total. The van der Waals surface area contributed by atoms with Gasteiger partial charge in [-0.15, -0.1) is 0 Å². The fourth-order valence-electron chi connectivity index (χ4n) is 1.73. The van der Waals surface area contributed by atoms with E-state index >= 15 is 0 Å². The molecule has 0 bridgehead atoms. The zero-order valence-corrected chi connectivity index (χ0v) is 14.7. The third kappa shape index (κ3) is 6.30. The van der Waals surface area contributed by atoms with E-state index in [2.05, 4.69) is 0 Å². The summed E-state index contributed by atoms with van der Waals surface area (Å²) < 4.78 is 5.01. The largest absolute Gasteiger partial charge is 0.533 e. The van der Waals surface area contributed by atoms with E-state index in [1.54, 1.807) is 0 Å². The molecule has 0 aromatic heterocycles. The SMILES string of the molecule is CCC(C)(C)C(=O)N(Cc1ccccc1)OC(=O)OCC(C)C. The van der Waals surface area contributed by atoms with Gasteiger partial charge in [0, 0.05) is 5.41 Å². The molecule has 0 atom stereocenters. The van der Waals surface area contributed by atoms with Crippen molar-refractivity contribution in [3.05, 3.63) is 35.9 Å². The molecular formula is C18H27NO4. The van der Waals surface area contributed by atoms with Crippen LogP contribution in [0.15, 0.2) is 30.3 Å². The Morgan fingerprint density at radius 2 is 1.78 bits per heavy atom. The van der Waals surface area contributed by atoms with Crippen LogP contribution in [0.3, 0.4) is 0 Å². The molecule has 0 saturated heterocycles. The Balaban J connectivity index is 2.84. The quantitative estimate of drug-likeness (QED) is 0.583. The van der Waals surface area contributed by atoms with Gasteiger partial charge in [-0.05, 0) is 17.9 Å². The molecule has 0 unspecified atom stereocenters. The Hall–Kier alpha value is -2.04. The predicted octanol–water partition coefficient (Wildman–Crippen LogP) is 4.18. The minimum Gasteiger partial charge on any atom is -0.432 e. The lowest BCUT2D eigenvalue weighted by Gasteiger charge is -2.29. The van der Waals surface area contributed by atoms with Crippen molar-refractivity contribution in [1.29, 1.82) is 0 Å². The summed E-state index contributed by atoms with van der Waals surface area (Å²) in [6.07, 6.45) is -0.212. The van der Waals surface area contributed by atoms with Crippen molar-refractivity contribution in [2.24, 2.45) is 11.3 Å². The van der Waals surface area contributed by atoms with Crippen LogP contribution in [0.2, 0.25) is 0 Å². The zero-order chi connectivity index (χ0) is 17.5. The molecule has 0 fully saturated rings. The Labute approximate surface area is 138 Å². The second-order valence-corrected chi connectivity index (χ2v) is 6.61. The van der Waals surface area contributed by atoms with Gasteiger partial charge in [-0.2, -0.15) is 5.06 Å². The first-order chi connectivity index (χ1) is 10.8. The van der Waals surface area contributed by atoms with Crippen LogP contribution >= 0.6 is 0 Å². The summed E-state index contributed by atoms with van der Waals surface area (Å²) in [6.45, 7) is 9.89. The summed E-state index contributed by atoms with van der Waals surface area (Å²) in [6, 6.07) is 9.40. The molecule has 5 nitrogen and oxygen atoms in total. The van der Waals surface area contributed by atoms with Crippen molar-refractivity contribution >= 4 is 12.1 Å². The van der Waals surface area contributed by atoms with Gasteiger partial charge in [0.1, 0.15) is 0 Å². The van der Waals surface area contributed by atoms with Crippen LogP contribution in [-0.4, -0.2) is 23.7 Å². The summed E-state index contributed by atoms with van der Waals surface area (Å²) >= 11 is 0. The number of ether oxygens (including phenoxy) is 1. The molecule has 1 aromatic rings. The lowest BCUT2D eigenvalue weighted by atomic mass is 9.89. The molecule has 0 aliphatic carbocycles. The average Bonchev–Trinajstić information content (AvgIpc) is 2.52. The second kappa shape index (κ2) is 8.56. The number of hydrogen-bond donors (Lipinski definition) is 0. The molecule has 1 aromatic carbocycles. The van der Waals surface area contributed by atoms with Crippen molar-refractivity contribution in [3.8, 4) is 0 Å². The zero-order valence-electron chi connectivity index (χ0n) is 14.7. The van der Waals surface area contributed by atoms with Crippen molar-refractivity contribution < 1.29 is 19.2 Å². The summed E-state index contributed by atoms with van der Waals surface area (Å²) in [7, 11) is 0. The molecule has 1 amide bonds. The van der Waals surface area contributed by atoms with Crippen LogP contribution in [0.4, 0.5) is 4.79 Å². The van der Waals surface area contributed by atoms with Crippen molar-refractivity contribution in [2.75, 3.05) is 6.61 Å². The van der Waals surface area contributed by atoms with E-state index in [1.807, 2.05) is 65.0 Å². The number of hydroxylamine groups is 2. The molecular weight excluding hydrogens is 294 g/mol. The Kier molecular flexibility index (Phi) is 7.07. The van der Waals surface area contributed by atoms with Crippen LogP contribution in [0, 0.1) is 11.3 Å². The molecule has 23 heavy (non-hydrogen) atoms. The first kappa shape index (κ1) is 19.0. The van der Waals surface area contributed by atoms with Gasteiger partial charge in [-0.1, -0.05) is 65.0 Å². The summed E-state index contributed by atoms with van der Waals surface area (Å²) in [5.74, 6) is -0.0433. The molecule has 0 heterocycles. The van der Waals surface area contributed by atoms with Gasteiger partial charge in [0.25, 0.3) is 5.91 Å². The van der Waals surface area contributed by atoms with Crippen molar-refractivity contribution in [1.82, 2.24) is 5.06 Å². The highest BCUT2D eigenvalue weighted by Crippen LogP contribution is 2.24. The van der Waals surface area contributed by atoms with Crippen LogP contribution in [0.25, 0.3) is 0 Å². The maximum Gasteiger partial charge on any atom is 0.533 e. The first-order valence-electron chi connectivity index (χ1n) is 7.97. The van der Waals surface area contributed by atoms with E-state index in [4.69, 9.17) is 9.57 Å². The number of benzene rings is 1. The number of hydrogen-bond acceptors (Lipinski definition) is 4. The van der Waals surface area contributed by atoms with Crippen molar-refractivity contribution in [2.45, 2.75) is 47.6 Å². The highest BCUT2D eigenvalue weighted by atomic mass is 16.8. The molecule has 0 aliphatic heterocycles. The predicted molar refractivity (Wildman–Crippen MR) is 88.3 cm³/mol. The Morgan fingerprint density at radius 3 is 2.30 bits per heavy atom. The number of amides is 1. The van der Waals surface area contributed by atoms with E-state index in [9.17, 15) is 9.59 Å². The third-order valence-corrected chi connectivity index (χ3v) is 3.58. The van der Waals surface area contributed by atoms with Gasteiger partial charge in [0.05, 0.1) is 13.2 Å². The topological polar surface area (TPSA) is 55.8 Å². The van der Waals surface area contributed by atoms with Crippen LogP contribution < -0.4 is 0 Å². The summed E-state index contributed by atoms with van der Waals surface area (Å²) in [4.78, 5) is 29.7. The molecule has 0 radical (unpaired) electrons. The molecule has 0 aliphatic rings. The van der Waals surface area contributed by atoms with Gasteiger partial charge in [0.2, 0.25) is 0 Å². The first-order valence-corrected chi connectivity index (χ1v) is 7.97. The maximum atomic E-state index is 12.7. The maximum absolute atomic E-state index is 12.7. The van der Waals surface area contributed by atoms with E-state index in [0.29, 0.717) is 6.42 Å². The minimum absolute atomic E-state index is 0.194. The van der Waals surface area contributed by atoms with Gasteiger partial charge in [-0.25, -0.2) is 4.79 Å². The van der Waals surface area contributed by atoms with E-state index in [1.165, 1.54) is 0 Å². The van der Waals surface area contributed by atoms with E-state index in [0.717, 1.165) is 10.6 Å². The molecule has 0 spiro atoms. The van der Waals surface area contributed by atoms with E-state index in [-0.39, 0.29) is 25.0 Å². The lowest BCUT2D eigenvalue weighted by molar-refractivity contribution is -0.185. The second-order valence-electron chi connectivity index (χ2n) is 6.61. The number of carbonyl (C=O) groups excluding carboxylic acids is 2. The van der Waals surface area contributed by atoms with Crippen LogP contribution in [-0.2, 0) is 20.9 Å². The number of nitrogens with zero attached hydrogens (tertiary/aromatic N) is 1. The van der Waals surface area contributed by atoms with Gasteiger partial charge < -0.3 is 9.57 Å². The Bertz CT molecular complexity index is 511. The van der Waals surface area contributed by atoms with Gasteiger partial charge >= 0.3 is 6.16 Å². The standard InChI is InChI=1S/C18H27NO4/c1-6-18(4,5)16(20)19(12-15-10-8-7-9-11-15)23-17(21)22-13-14(2)3/h7-11,14H,6,12-13H2,1-5H3. The minimum atomic E-state index is -0.852. The van der Waals surface area contributed by atoms with Gasteiger partial charge in [0.15, 0.2) is 0 Å². The normalized spacial score (nSPS) is 11.2. The molecule has 1 rings (SSSR count). The van der Waals surface area contributed by atoms with Gasteiger partial charge in [-0.3, -0.25) is 4.79 Å².